The van der Waals surface area contributed by atoms with Gasteiger partial charge in [0.2, 0.25) is 18.0 Å². The number of carbonyl (C=O) groups is 4. The van der Waals surface area contributed by atoms with Gasteiger partial charge in [-0.05, 0) is 92.8 Å². The zero-order valence-electron chi connectivity index (χ0n) is 41.3. The van der Waals surface area contributed by atoms with Gasteiger partial charge >= 0.3 is 12.2 Å². The summed E-state index contributed by atoms with van der Waals surface area (Å²) in [6.45, 7) is 8.51. The summed E-state index contributed by atoms with van der Waals surface area (Å²) in [6.07, 6.45) is 5.64. The SMILES string of the molecule is COC(=O)N[C@H](C(=O)N1CCC[C@H]1c1ncc(-c2cc(F)c3c(c2)OC(c2ccc(C4(O)CC4)s2)n2c-3cc3cc(-c4cnc([C@@H]5CCCN5C(=O)[C@@H](NC(=O)OC)C(C)C)[nH]4)ccc32)[nH]1)C(C)C.S.S.S.S. The largest absolute Gasteiger partial charge is 0.464 e. The number of nitrogens with one attached hydrogen (secondary N) is 4. The predicted octanol–water partition coefficient (Wildman–Crippen LogP) is 8.75. The van der Waals surface area contributed by atoms with Crippen LogP contribution in [0, 0.1) is 17.7 Å². The molecule has 5 N–H and O–H groups in total. The zero-order valence-corrected chi connectivity index (χ0v) is 46.1. The first kappa shape index (κ1) is 57.0. The summed E-state index contributed by atoms with van der Waals surface area (Å²) in [6, 6.07) is 12.9. The number of hydrogen-bond donors (Lipinski definition) is 5. The number of aromatic amines is 2. The lowest BCUT2D eigenvalue weighted by molar-refractivity contribution is -0.136. The van der Waals surface area contributed by atoms with Crippen molar-refractivity contribution in [3.8, 4) is 39.5 Å². The number of alkyl carbamates (subject to hydrolysis) is 2. The van der Waals surface area contributed by atoms with Crippen molar-refractivity contribution in [2.45, 2.75) is 102 Å². The third-order valence-corrected chi connectivity index (χ3v) is 15.3. The molecule has 10 rings (SSSR count). The second-order valence-corrected chi connectivity index (χ2v) is 20.3. The number of likely N-dealkylation sites (tertiary alicyclic amines) is 2. The van der Waals surface area contributed by atoms with Gasteiger partial charge in [0, 0.05) is 34.5 Å². The lowest BCUT2D eigenvalue weighted by atomic mass is 10.0. The van der Waals surface area contributed by atoms with E-state index < -0.39 is 41.9 Å². The van der Waals surface area contributed by atoms with Crippen molar-refractivity contribution >= 4 is 100 Å². The maximum Gasteiger partial charge on any atom is 0.407 e. The Bertz CT molecular complexity index is 2990. The second kappa shape index (κ2) is 22.6. The quantitative estimate of drug-likeness (QED) is 0.0787. The number of hydrogen-bond acceptors (Lipinski definition) is 11. The van der Waals surface area contributed by atoms with Gasteiger partial charge in [0.1, 0.15) is 35.3 Å². The molecule has 1 unspecified atom stereocenters. The number of methoxy groups -OCH3 is 2. The van der Waals surface area contributed by atoms with Crippen LogP contribution in [0.2, 0.25) is 0 Å². The molecular weight excluding hydrogens is 1030 g/mol. The molecule has 4 amide bonds. The predicted molar refractivity (Wildman–Crippen MR) is 296 cm³/mol. The van der Waals surface area contributed by atoms with Gasteiger partial charge in [-0.15, -0.1) is 11.3 Å². The molecule has 4 aliphatic rings. The van der Waals surface area contributed by atoms with Crippen LogP contribution in [0.5, 0.6) is 5.75 Å². The molecule has 2 saturated heterocycles. The fourth-order valence-corrected chi connectivity index (χ4v) is 11.3. The van der Waals surface area contributed by atoms with E-state index in [1.807, 2.05) is 74.7 Å². The van der Waals surface area contributed by atoms with E-state index in [2.05, 4.69) is 25.6 Å². The van der Waals surface area contributed by atoms with Gasteiger partial charge in [-0.3, -0.25) is 14.2 Å². The Morgan fingerprint density at radius 2 is 1.33 bits per heavy atom. The maximum absolute atomic E-state index is 16.9. The average Bonchev–Trinajstić information content (AvgIpc) is 4.12. The molecule has 3 fully saturated rings. The third-order valence-electron chi connectivity index (χ3n) is 14.0. The first-order valence-corrected chi connectivity index (χ1v) is 24.4. The van der Waals surface area contributed by atoms with Crippen molar-refractivity contribution in [3.05, 3.63) is 88.1 Å². The Morgan fingerprint density at radius 3 is 1.85 bits per heavy atom. The monoisotopic (exact) mass is 1100 g/mol. The van der Waals surface area contributed by atoms with Gasteiger partial charge in [0.25, 0.3) is 0 Å². The van der Waals surface area contributed by atoms with E-state index in [-0.39, 0.29) is 89.7 Å². The zero-order chi connectivity index (χ0) is 48.5. The highest BCUT2D eigenvalue weighted by Crippen LogP contribution is 2.52. The first-order valence-electron chi connectivity index (χ1n) is 23.5. The van der Waals surface area contributed by atoms with Crippen LogP contribution in [-0.4, -0.2) is 103 Å². The van der Waals surface area contributed by atoms with Crippen molar-refractivity contribution in [3.63, 3.8) is 0 Å². The van der Waals surface area contributed by atoms with Crippen molar-refractivity contribution in [2.24, 2.45) is 11.8 Å². The standard InChI is InChI=1S/C50H56FN9O8S.4H2S/c1-25(2)41(56-48(63)66-5)45(61)58-17-7-9-34(58)43-52-23-31(54-43)27-11-12-33-29(19-27)21-36-40-30(51)20-28(22-37(40)68-47(60(33)36)38-13-14-39(69-38)50(65)15-16-50)32-24-53-44(55-32)35-10-8-18-59(35)46(62)42(26(3)4)57-49(64)67-6;;;;/h11-14,19-26,34-35,41-42,47,65H,7-10,15-18H2,1-6H3,(H,52,54)(H,53,55)(H,56,63)(H,57,64);4*1H2/t34-,35-,41-,42-,47?;;;;/m0..../s1. The summed E-state index contributed by atoms with van der Waals surface area (Å²) in [5.41, 5.74) is 3.52. The molecule has 0 radical (unpaired) electrons. The van der Waals surface area contributed by atoms with E-state index in [0.717, 1.165) is 44.8 Å². The van der Waals surface area contributed by atoms with Crippen LogP contribution < -0.4 is 15.4 Å². The molecule has 0 bridgehead atoms. The topological polar surface area (TPSA) is 209 Å². The Labute approximate surface area is 454 Å². The second-order valence-electron chi connectivity index (χ2n) is 19.2. The van der Waals surface area contributed by atoms with E-state index in [4.69, 9.17) is 19.2 Å². The van der Waals surface area contributed by atoms with E-state index in [9.17, 15) is 24.3 Å². The number of halogens is 1. The van der Waals surface area contributed by atoms with Gasteiger partial charge in [-0.1, -0.05) is 33.8 Å². The number of carbonyl (C=O) groups excluding carboxylic acids is 4. The molecule has 1 saturated carbocycles. The number of aromatic nitrogens is 5. The van der Waals surface area contributed by atoms with Gasteiger partial charge in [0.05, 0.1) is 77.3 Å². The van der Waals surface area contributed by atoms with Crippen LogP contribution >= 0.6 is 65.3 Å². The smallest absolute Gasteiger partial charge is 0.407 e. The van der Waals surface area contributed by atoms with Crippen LogP contribution in [0.15, 0.2) is 60.9 Å². The van der Waals surface area contributed by atoms with E-state index in [1.165, 1.54) is 31.6 Å². The lowest BCUT2D eigenvalue weighted by Gasteiger charge is -2.30. The molecule has 2 aromatic carbocycles. The van der Waals surface area contributed by atoms with Crippen molar-refractivity contribution in [2.75, 3.05) is 27.3 Å². The summed E-state index contributed by atoms with van der Waals surface area (Å²) in [7, 11) is 2.53. The molecule has 4 aromatic heterocycles. The number of imidazole rings is 2. The minimum Gasteiger partial charge on any atom is -0.464 e. The number of aliphatic hydroxyl groups is 1. The van der Waals surface area contributed by atoms with Crippen molar-refractivity contribution < 1.29 is 42.9 Å². The summed E-state index contributed by atoms with van der Waals surface area (Å²) in [5.74, 6) is 0.269. The first-order chi connectivity index (χ1) is 33.2. The van der Waals surface area contributed by atoms with Gasteiger partial charge in [0.15, 0.2) is 0 Å². The average molecular weight is 1100 g/mol. The van der Waals surface area contributed by atoms with Gasteiger partial charge in [-0.2, -0.15) is 54.0 Å². The highest BCUT2D eigenvalue weighted by Gasteiger charge is 2.45. The van der Waals surface area contributed by atoms with Gasteiger partial charge < -0.3 is 49.7 Å². The Morgan fingerprint density at radius 1 is 0.781 bits per heavy atom. The highest BCUT2D eigenvalue weighted by atomic mass is 32.1. The number of rotatable bonds is 12. The van der Waals surface area contributed by atoms with Crippen LogP contribution in [0.25, 0.3) is 44.7 Å². The van der Waals surface area contributed by atoms with E-state index in [0.29, 0.717) is 78.7 Å². The van der Waals surface area contributed by atoms with Crippen molar-refractivity contribution in [1.29, 1.82) is 0 Å². The number of ether oxygens (including phenoxy) is 3. The lowest BCUT2D eigenvalue weighted by Crippen LogP contribution is -2.51. The Hall–Kier alpha value is -5.33. The molecule has 23 heteroatoms. The molecule has 6 aromatic rings. The molecule has 7 heterocycles. The highest BCUT2D eigenvalue weighted by molar-refractivity contribution is 7.59. The van der Waals surface area contributed by atoms with Crippen LogP contribution in [0.1, 0.15) is 106 Å². The number of nitrogens with zero attached hydrogens (tertiary/aromatic N) is 5. The fourth-order valence-electron chi connectivity index (χ4n) is 10.1. The van der Waals surface area contributed by atoms with E-state index in [1.54, 1.807) is 22.2 Å². The minimum atomic E-state index is -0.849. The number of amides is 4. The third kappa shape index (κ3) is 10.7. The van der Waals surface area contributed by atoms with Crippen molar-refractivity contribution in [1.82, 2.24) is 44.9 Å². The number of H-pyrrole nitrogens is 2. The maximum atomic E-state index is 16.9. The molecule has 0 spiro atoms. The number of fused-ring (bicyclic) bond motifs is 5. The Balaban J connectivity index is 0.00000217. The van der Waals surface area contributed by atoms with Crippen LogP contribution in [-0.2, 0) is 24.7 Å². The van der Waals surface area contributed by atoms with E-state index >= 15 is 4.39 Å². The van der Waals surface area contributed by atoms with Crippen LogP contribution in [0.3, 0.4) is 0 Å². The number of thiophene rings is 1. The molecule has 73 heavy (non-hydrogen) atoms. The summed E-state index contributed by atoms with van der Waals surface area (Å²) >= 11 is 1.48. The molecular formula is C50H64FN9O8S5. The molecule has 3 aliphatic heterocycles. The fraction of sp³-hybridized carbons (Fsp3) is 0.440. The summed E-state index contributed by atoms with van der Waals surface area (Å²) in [4.78, 5) is 73.4. The molecule has 5 atom stereocenters. The Kier molecular flexibility index (Phi) is 17.7. The van der Waals surface area contributed by atoms with Crippen LogP contribution in [0.4, 0.5) is 14.0 Å². The summed E-state index contributed by atoms with van der Waals surface area (Å²) in [5, 5.41) is 17.3. The van der Waals surface area contributed by atoms with Gasteiger partial charge in [-0.25, -0.2) is 23.9 Å². The molecule has 17 nitrogen and oxygen atoms in total. The minimum absolute atomic E-state index is 0. The molecule has 394 valence electrons. The molecule has 1 aliphatic carbocycles. The number of benzene rings is 2. The normalized spacial score (nSPS) is 19.0. The summed E-state index contributed by atoms with van der Waals surface area (Å²) < 4.78 is 35.4.